The maximum Gasteiger partial charge on any atom is 0.260 e. The third-order valence-electron chi connectivity index (χ3n) is 14.6. The zero-order valence-corrected chi connectivity index (χ0v) is 44.3. The zero-order chi connectivity index (χ0) is 46.4. The molecular weight excluding hydrogens is 865 g/mol. The SMILES string of the molecule is CCCCCCCCCCC(C)CN1C(=O)/C(=C2/C(=O)N(CC(CCCCCCCC)CCCCCCCCCC)c3c2sc2cc(C)ccc32)c2sc3cc(-c4ccc(C)s4)ccc3c21. The third kappa shape index (κ3) is 12.5. The Bertz CT molecular complexity index is 2380. The van der Waals surface area contributed by atoms with Crippen LogP contribution in [0.1, 0.15) is 208 Å². The molecule has 2 atom stereocenters. The van der Waals surface area contributed by atoms with Crippen LogP contribution in [0.3, 0.4) is 0 Å². The normalized spacial score (nSPS) is 15.8. The molecule has 5 heterocycles. The Hall–Kier alpha value is -3.26. The minimum Gasteiger partial charge on any atom is -0.306 e. The fourth-order valence-corrected chi connectivity index (χ4v) is 14.2. The minimum absolute atomic E-state index is 0.0197. The monoisotopic (exact) mass is 947 g/mol. The van der Waals surface area contributed by atoms with Gasteiger partial charge in [-0.05, 0) is 80.3 Å². The smallest absolute Gasteiger partial charge is 0.260 e. The molecule has 2 unspecified atom stereocenters. The first-order chi connectivity index (χ1) is 32.2. The second-order valence-corrected chi connectivity index (χ2v) is 23.7. The number of carbonyl (C=O) groups is 2. The standard InChI is InChI=1S/C59H82N2O2S3/c1-7-10-13-16-19-21-23-26-29-43(5)40-60-54-48-36-34-46(49-37-33-44(6)64-49)39-51(48)66-56(54)52(58(60)62)53-57-55(47-35-32-42(4)38-50(47)65-57)61(59(53)63)41-45(30-27-24-18-15-12-9-3)31-28-25-22-20-17-14-11-8-2/h32-39,43,45H,7-31,40-41H2,1-6H3/b53-52+. The molecule has 2 aliphatic heterocycles. The number of amides is 2. The van der Waals surface area contributed by atoms with Gasteiger partial charge in [0, 0.05) is 43.0 Å². The Morgan fingerprint density at radius 2 is 0.939 bits per heavy atom. The second-order valence-electron chi connectivity index (χ2n) is 20.3. The van der Waals surface area contributed by atoms with Crippen molar-refractivity contribution >= 4 is 88.5 Å². The quantitative estimate of drug-likeness (QED) is 0.0340. The average molecular weight is 948 g/mol. The molecule has 2 aliphatic rings. The fraction of sp³-hybridized carbons (Fsp3) is 0.593. The van der Waals surface area contributed by atoms with Crippen molar-refractivity contribution in [2.24, 2.45) is 11.8 Å². The van der Waals surface area contributed by atoms with Crippen LogP contribution in [0.15, 0.2) is 48.5 Å². The van der Waals surface area contributed by atoms with Gasteiger partial charge in [-0.2, -0.15) is 0 Å². The van der Waals surface area contributed by atoms with Crippen LogP contribution in [0.4, 0.5) is 11.4 Å². The lowest BCUT2D eigenvalue weighted by Gasteiger charge is -2.25. The molecule has 4 nitrogen and oxygen atoms in total. The first kappa shape index (κ1) is 50.6. The molecular formula is C59H82N2O2S3. The molecule has 66 heavy (non-hydrogen) atoms. The van der Waals surface area contributed by atoms with E-state index in [1.807, 2.05) is 11.3 Å². The highest BCUT2D eigenvalue weighted by Crippen LogP contribution is 2.56. The number of hydrogen-bond donors (Lipinski definition) is 0. The molecule has 0 spiro atoms. The van der Waals surface area contributed by atoms with Gasteiger partial charge in [0.25, 0.3) is 11.8 Å². The summed E-state index contributed by atoms with van der Waals surface area (Å²) in [5.41, 5.74) is 5.82. The number of nitrogens with zero attached hydrogens (tertiary/aromatic N) is 2. The molecule has 0 saturated heterocycles. The maximum atomic E-state index is 15.5. The number of benzene rings is 2. The Kier molecular flexibility index (Phi) is 19.5. The Morgan fingerprint density at radius 1 is 0.485 bits per heavy atom. The van der Waals surface area contributed by atoms with Crippen molar-refractivity contribution in [3.63, 3.8) is 0 Å². The van der Waals surface area contributed by atoms with Crippen molar-refractivity contribution in [2.75, 3.05) is 22.9 Å². The van der Waals surface area contributed by atoms with Gasteiger partial charge in [-0.1, -0.05) is 193 Å². The number of anilines is 2. The number of aryl methyl sites for hydroxylation is 2. The molecule has 3 aromatic heterocycles. The largest absolute Gasteiger partial charge is 0.306 e. The Morgan fingerprint density at radius 3 is 1.44 bits per heavy atom. The van der Waals surface area contributed by atoms with E-state index in [2.05, 4.69) is 99.9 Å². The van der Waals surface area contributed by atoms with Crippen LogP contribution in [-0.4, -0.2) is 24.9 Å². The summed E-state index contributed by atoms with van der Waals surface area (Å²) in [5.74, 6) is 0.849. The van der Waals surface area contributed by atoms with E-state index < -0.39 is 0 Å². The number of fused-ring (bicyclic) bond motifs is 6. The molecule has 0 aliphatic carbocycles. The number of unbranched alkanes of at least 4 members (excludes halogenated alkanes) is 19. The van der Waals surface area contributed by atoms with Crippen LogP contribution in [0.25, 0.3) is 41.8 Å². The second kappa shape index (κ2) is 25.4. The van der Waals surface area contributed by atoms with E-state index in [0.29, 0.717) is 29.5 Å². The van der Waals surface area contributed by atoms with E-state index in [1.54, 1.807) is 22.7 Å². The summed E-state index contributed by atoms with van der Waals surface area (Å²) in [6.07, 6.45) is 32.1. The first-order valence-corrected chi connectivity index (χ1v) is 29.2. The minimum atomic E-state index is 0.0197. The summed E-state index contributed by atoms with van der Waals surface area (Å²) < 4.78 is 2.40. The molecule has 358 valence electrons. The van der Waals surface area contributed by atoms with Gasteiger partial charge in [-0.3, -0.25) is 9.59 Å². The van der Waals surface area contributed by atoms with Crippen molar-refractivity contribution in [1.29, 1.82) is 0 Å². The van der Waals surface area contributed by atoms with E-state index in [0.717, 1.165) is 57.7 Å². The van der Waals surface area contributed by atoms with E-state index in [1.165, 1.54) is 172 Å². The molecule has 2 amide bonds. The third-order valence-corrected chi connectivity index (χ3v) is 18.0. The topological polar surface area (TPSA) is 40.6 Å². The lowest BCUT2D eigenvalue weighted by Crippen LogP contribution is -2.34. The molecule has 0 N–H and O–H groups in total. The van der Waals surface area contributed by atoms with Gasteiger partial charge in [0.05, 0.1) is 32.3 Å². The lowest BCUT2D eigenvalue weighted by atomic mass is 9.93. The lowest BCUT2D eigenvalue weighted by molar-refractivity contribution is -0.114. The molecule has 0 bridgehead atoms. The summed E-state index contributed by atoms with van der Waals surface area (Å²) in [6.45, 7) is 14.9. The summed E-state index contributed by atoms with van der Waals surface area (Å²) in [4.78, 5) is 39.7. The molecule has 0 radical (unpaired) electrons. The van der Waals surface area contributed by atoms with Crippen LogP contribution in [0, 0.1) is 25.7 Å². The van der Waals surface area contributed by atoms with Gasteiger partial charge in [-0.25, -0.2) is 0 Å². The number of carbonyl (C=O) groups excluding carboxylic acids is 2. The van der Waals surface area contributed by atoms with E-state index >= 15 is 9.59 Å². The van der Waals surface area contributed by atoms with Gasteiger partial charge < -0.3 is 9.80 Å². The highest BCUT2D eigenvalue weighted by atomic mass is 32.1. The first-order valence-electron chi connectivity index (χ1n) is 26.8. The maximum absolute atomic E-state index is 15.5. The van der Waals surface area contributed by atoms with Crippen LogP contribution in [-0.2, 0) is 9.59 Å². The predicted molar refractivity (Wildman–Crippen MR) is 293 cm³/mol. The van der Waals surface area contributed by atoms with Crippen molar-refractivity contribution < 1.29 is 9.59 Å². The van der Waals surface area contributed by atoms with Crippen LogP contribution in [0.5, 0.6) is 0 Å². The van der Waals surface area contributed by atoms with Crippen molar-refractivity contribution in [3.05, 3.63) is 68.7 Å². The van der Waals surface area contributed by atoms with E-state index in [4.69, 9.17) is 0 Å². The highest BCUT2D eigenvalue weighted by Gasteiger charge is 2.46. The summed E-state index contributed by atoms with van der Waals surface area (Å²) in [7, 11) is 0. The van der Waals surface area contributed by atoms with Crippen molar-refractivity contribution in [2.45, 2.75) is 202 Å². The van der Waals surface area contributed by atoms with Gasteiger partial charge in [0.1, 0.15) is 0 Å². The molecule has 0 saturated carbocycles. The van der Waals surface area contributed by atoms with Crippen molar-refractivity contribution in [3.8, 4) is 10.4 Å². The van der Waals surface area contributed by atoms with Gasteiger partial charge in [0.15, 0.2) is 0 Å². The van der Waals surface area contributed by atoms with Gasteiger partial charge in [-0.15, -0.1) is 34.0 Å². The summed E-state index contributed by atoms with van der Waals surface area (Å²) in [6, 6.07) is 18.0. The van der Waals surface area contributed by atoms with Crippen LogP contribution < -0.4 is 9.80 Å². The fourth-order valence-electron chi connectivity index (χ4n) is 10.7. The van der Waals surface area contributed by atoms with Crippen LogP contribution >= 0.6 is 34.0 Å². The molecule has 7 rings (SSSR count). The van der Waals surface area contributed by atoms with Crippen LogP contribution in [0.2, 0.25) is 0 Å². The number of hydrogen-bond acceptors (Lipinski definition) is 5. The molecule has 0 fully saturated rings. The van der Waals surface area contributed by atoms with E-state index in [9.17, 15) is 0 Å². The molecule has 7 heteroatoms. The summed E-state index contributed by atoms with van der Waals surface area (Å²) >= 11 is 5.28. The highest BCUT2D eigenvalue weighted by molar-refractivity contribution is 7.23. The molecule has 2 aromatic carbocycles. The predicted octanol–water partition coefficient (Wildman–Crippen LogP) is 19.1. The van der Waals surface area contributed by atoms with Gasteiger partial charge >= 0.3 is 0 Å². The molecule has 5 aromatic rings. The number of rotatable bonds is 30. The average Bonchev–Trinajstić information content (AvgIpc) is 4.11. The number of thiophene rings is 3. The Labute approximate surface area is 411 Å². The summed E-state index contributed by atoms with van der Waals surface area (Å²) in [5, 5.41) is 2.29. The van der Waals surface area contributed by atoms with Crippen molar-refractivity contribution in [1.82, 2.24) is 0 Å². The van der Waals surface area contributed by atoms with Gasteiger partial charge in [0.2, 0.25) is 0 Å². The zero-order valence-electron chi connectivity index (χ0n) is 41.8. The Balaban J connectivity index is 1.22. The van der Waals surface area contributed by atoms with E-state index in [-0.39, 0.29) is 11.8 Å².